The largest absolute Gasteiger partial charge is 0.392 e. The van der Waals surface area contributed by atoms with Gasteiger partial charge >= 0.3 is 0 Å². The number of carbonyl (C=O) groups is 1. The first-order valence-electron chi connectivity index (χ1n) is 7.80. The Morgan fingerprint density at radius 1 is 1.24 bits per heavy atom. The molecule has 118 valence electrons. The molecule has 0 radical (unpaired) electrons. The Labute approximate surface area is 128 Å². The maximum absolute atomic E-state index is 12.4. The molecule has 0 saturated heterocycles. The van der Waals surface area contributed by atoms with E-state index in [1.54, 1.807) is 0 Å². The van der Waals surface area contributed by atoms with Crippen molar-refractivity contribution in [2.45, 2.75) is 53.1 Å². The van der Waals surface area contributed by atoms with Crippen molar-refractivity contribution in [3.63, 3.8) is 0 Å². The quantitative estimate of drug-likeness (QED) is 0.809. The zero-order valence-corrected chi connectivity index (χ0v) is 13.9. The van der Waals surface area contributed by atoms with E-state index in [1.165, 1.54) is 0 Å². The van der Waals surface area contributed by atoms with Crippen LogP contribution in [-0.2, 0) is 4.79 Å². The number of benzene rings is 1. The maximum atomic E-state index is 12.4. The maximum Gasteiger partial charge on any atom is 0.227 e. The standard InChI is InChI=1S/C18H29NO2/c1-6-15(14-10-8-7-9-11-14)17(21)19-12-18(4,5)16(20)13(2)3/h7-11,13,15-16,20H,6,12H2,1-5H3,(H,19,21). The lowest BCUT2D eigenvalue weighted by molar-refractivity contribution is -0.123. The molecule has 3 nitrogen and oxygen atoms in total. The average Bonchev–Trinajstić information content (AvgIpc) is 2.46. The normalized spacial score (nSPS) is 14.8. The van der Waals surface area contributed by atoms with Crippen molar-refractivity contribution >= 4 is 5.91 Å². The number of hydrogen-bond donors (Lipinski definition) is 2. The molecule has 2 N–H and O–H groups in total. The summed E-state index contributed by atoms with van der Waals surface area (Å²) in [6, 6.07) is 9.84. The Bertz CT molecular complexity index is 440. The number of hydrogen-bond acceptors (Lipinski definition) is 2. The first kappa shape index (κ1) is 17.7. The molecule has 0 fully saturated rings. The van der Waals surface area contributed by atoms with Gasteiger partial charge in [-0.15, -0.1) is 0 Å². The summed E-state index contributed by atoms with van der Waals surface area (Å²) in [7, 11) is 0. The van der Waals surface area contributed by atoms with Crippen molar-refractivity contribution in [3.8, 4) is 0 Å². The third-order valence-corrected chi connectivity index (χ3v) is 4.08. The van der Waals surface area contributed by atoms with E-state index in [9.17, 15) is 9.90 Å². The van der Waals surface area contributed by atoms with Crippen LogP contribution >= 0.6 is 0 Å². The number of aliphatic hydroxyl groups is 1. The molecule has 0 saturated carbocycles. The van der Waals surface area contributed by atoms with E-state index in [0.717, 1.165) is 12.0 Å². The van der Waals surface area contributed by atoms with Gasteiger partial charge in [0.05, 0.1) is 12.0 Å². The van der Waals surface area contributed by atoms with Gasteiger partial charge in [0.25, 0.3) is 0 Å². The molecule has 21 heavy (non-hydrogen) atoms. The molecule has 0 bridgehead atoms. The molecule has 0 aromatic heterocycles. The number of nitrogens with one attached hydrogen (secondary N) is 1. The Morgan fingerprint density at radius 2 is 1.81 bits per heavy atom. The predicted octanol–water partition coefficient (Wildman–Crippen LogP) is 3.34. The second-order valence-corrected chi connectivity index (χ2v) is 6.77. The molecular formula is C18H29NO2. The van der Waals surface area contributed by atoms with Crippen LogP contribution in [0.5, 0.6) is 0 Å². The Kier molecular flexibility index (Phi) is 6.41. The molecule has 3 heteroatoms. The molecule has 0 aliphatic rings. The van der Waals surface area contributed by atoms with Crippen LogP contribution in [0.15, 0.2) is 30.3 Å². The average molecular weight is 291 g/mol. The summed E-state index contributed by atoms with van der Waals surface area (Å²) in [6.07, 6.45) is 0.331. The summed E-state index contributed by atoms with van der Waals surface area (Å²) in [5.74, 6) is 0.0823. The fraction of sp³-hybridized carbons (Fsp3) is 0.611. The monoisotopic (exact) mass is 291 g/mol. The molecule has 1 rings (SSSR count). The molecule has 1 aromatic rings. The Balaban J connectivity index is 2.68. The van der Waals surface area contributed by atoms with Gasteiger partial charge in [-0.05, 0) is 17.9 Å². The van der Waals surface area contributed by atoms with Crippen LogP contribution < -0.4 is 5.32 Å². The van der Waals surface area contributed by atoms with Gasteiger partial charge in [0.15, 0.2) is 0 Å². The summed E-state index contributed by atoms with van der Waals surface area (Å²) in [5.41, 5.74) is 0.707. The van der Waals surface area contributed by atoms with Gasteiger partial charge in [-0.1, -0.05) is 65.0 Å². The van der Waals surface area contributed by atoms with Gasteiger partial charge in [0, 0.05) is 12.0 Å². The zero-order valence-electron chi connectivity index (χ0n) is 13.9. The minimum Gasteiger partial charge on any atom is -0.392 e. The van der Waals surface area contributed by atoms with Gasteiger partial charge in [-0.25, -0.2) is 0 Å². The number of rotatable bonds is 7. The van der Waals surface area contributed by atoms with Crippen LogP contribution in [0.2, 0.25) is 0 Å². The summed E-state index contributed by atoms with van der Waals surface area (Å²) in [5, 5.41) is 13.2. The number of amides is 1. The highest BCUT2D eigenvalue weighted by Crippen LogP contribution is 2.26. The van der Waals surface area contributed by atoms with E-state index in [1.807, 2.05) is 65.0 Å². The van der Waals surface area contributed by atoms with E-state index in [0.29, 0.717) is 6.54 Å². The molecule has 0 aliphatic carbocycles. The molecule has 1 aromatic carbocycles. The lowest BCUT2D eigenvalue weighted by Crippen LogP contribution is -2.44. The van der Waals surface area contributed by atoms with Crippen molar-refractivity contribution < 1.29 is 9.90 Å². The van der Waals surface area contributed by atoms with Crippen LogP contribution in [-0.4, -0.2) is 23.7 Å². The van der Waals surface area contributed by atoms with Crippen molar-refractivity contribution in [3.05, 3.63) is 35.9 Å². The molecule has 0 heterocycles. The summed E-state index contributed by atoms with van der Waals surface area (Å²) in [4.78, 5) is 12.4. The highest BCUT2D eigenvalue weighted by atomic mass is 16.3. The second-order valence-electron chi connectivity index (χ2n) is 6.77. The second kappa shape index (κ2) is 7.60. The number of aliphatic hydroxyl groups excluding tert-OH is 1. The summed E-state index contributed by atoms with van der Waals surface area (Å²) < 4.78 is 0. The fourth-order valence-corrected chi connectivity index (χ4v) is 2.70. The van der Waals surface area contributed by atoms with Crippen LogP contribution in [0.4, 0.5) is 0 Å². The molecule has 2 atom stereocenters. The predicted molar refractivity (Wildman–Crippen MR) is 87.1 cm³/mol. The van der Waals surface area contributed by atoms with Crippen molar-refractivity contribution in [2.75, 3.05) is 6.54 Å². The first-order chi connectivity index (χ1) is 9.79. The first-order valence-corrected chi connectivity index (χ1v) is 7.80. The molecular weight excluding hydrogens is 262 g/mol. The van der Waals surface area contributed by atoms with E-state index in [-0.39, 0.29) is 23.2 Å². The fourth-order valence-electron chi connectivity index (χ4n) is 2.70. The van der Waals surface area contributed by atoms with Crippen LogP contribution in [0.1, 0.15) is 52.5 Å². The third kappa shape index (κ3) is 4.85. The molecule has 1 amide bonds. The SMILES string of the molecule is CCC(C(=O)NCC(C)(C)C(O)C(C)C)c1ccccc1. The highest BCUT2D eigenvalue weighted by Gasteiger charge is 2.31. The Morgan fingerprint density at radius 3 is 2.29 bits per heavy atom. The van der Waals surface area contributed by atoms with Gasteiger partial charge in [0.1, 0.15) is 0 Å². The smallest absolute Gasteiger partial charge is 0.227 e. The lowest BCUT2D eigenvalue weighted by atomic mass is 9.80. The summed E-state index contributed by atoms with van der Waals surface area (Å²) >= 11 is 0. The van der Waals surface area contributed by atoms with Crippen molar-refractivity contribution in [1.82, 2.24) is 5.32 Å². The third-order valence-electron chi connectivity index (χ3n) is 4.08. The molecule has 0 spiro atoms. The number of carbonyl (C=O) groups excluding carboxylic acids is 1. The van der Waals surface area contributed by atoms with Crippen LogP contribution in [0.25, 0.3) is 0 Å². The van der Waals surface area contributed by atoms with E-state index < -0.39 is 6.10 Å². The van der Waals surface area contributed by atoms with Gasteiger partial charge < -0.3 is 10.4 Å². The van der Waals surface area contributed by atoms with Crippen LogP contribution in [0.3, 0.4) is 0 Å². The summed E-state index contributed by atoms with van der Waals surface area (Å²) in [6.45, 7) is 10.5. The van der Waals surface area contributed by atoms with Crippen LogP contribution in [0, 0.1) is 11.3 Å². The lowest BCUT2D eigenvalue weighted by Gasteiger charge is -2.33. The molecule has 0 aliphatic heterocycles. The van der Waals surface area contributed by atoms with E-state index in [4.69, 9.17) is 0 Å². The zero-order chi connectivity index (χ0) is 16.0. The van der Waals surface area contributed by atoms with Gasteiger partial charge in [-0.3, -0.25) is 4.79 Å². The topological polar surface area (TPSA) is 49.3 Å². The highest BCUT2D eigenvalue weighted by molar-refractivity contribution is 5.83. The molecule has 2 unspecified atom stereocenters. The Hall–Kier alpha value is -1.35. The van der Waals surface area contributed by atoms with E-state index >= 15 is 0 Å². The van der Waals surface area contributed by atoms with E-state index in [2.05, 4.69) is 5.32 Å². The minimum atomic E-state index is -0.436. The van der Waals surface area contributed by atoms with Gasteiger partial charge in [-0.2, -0.15) is 0 Å². The van der Waals surface area contributed by atoms with Crippen molar-refractivity contribution in [1.29, 1.82) is 0 Å². The van der Waals surface area contributed by atoms with Crippen molar-refractivity contribution in [2.24, 2.45) is 11.3 Å². The minimum absolute atomic E-state index is 0.0349. The van der Waals surface area contributed by atoms with Gasteiger partial charge in [0.2, 0.25) is 5.91 Å².